The lowest BCUT2D eigenvalue weighted by molar-refractivity contribution is 0.0978. The second-order valence-corrected chi connectivity index (χ2v) is 8.48. The van der Waals surface area contributed by atoms with Crippen molar-refractivity contribution < 1.29 is 4.79 Å². The highest BCUT2D eigenvalue weighted by molar-refractivity contribution is 5.96. The van der Waals surface area contributed by atoms with E-state index in [1.807, 2.05) is 30.5 Å². The summed E-state index contributed by atoms with van der Waals surface area (Å²) in [5, 5.41) is 0. The zero-order chi connectivity index (χ0) is 20.9. The van der Waals surface area contributed by atoms with E-state index < -0.39 is 0 Å². The number of carbonyl (C=O) groups excluding carboxylic acids is 1. The van der Waals surface area contributed by atoms with Gasteiger partial charge in [0.25, 0.3) is 0 Å². The Bertz CT molecular complexity index is 702. The van der Waals surface area contributed by atoms with Gasteiger partial charge in [-0.15, -0.1) is 0 Å². The Labute approximate surface area is 178 Å². The average molecular weight is 394 g/mol. The quantitative estimate of drug-likeness (QED) is 0.240. The van der Waals surface area contributed by atoms with Crippen LogP contribution in [0.1, 0.15) is 101 Å². The molecule has 2 aromatic rings. The van der Waals surface area contributed by atoms with Crippen molar-refractivity contribution in [1.82, 2.24) is 4.98 Å². The Hall–Kier alpha value is -1.96. The number of hydrogen-bond donors (Lipinski definition) is 0. The van der Waals surface area contributed by atoms with Crippen molar-refractivity contribution in [3.63, 3.8) is 0 Å². The Kier molecular flexibility index (Phi) is 10.7. The van der Waals surface area contributed by atoms with Crippen LogP contribution in [-0.2, 0) is 6.42 Å². The molecule has 1 atom stereocenters. The van der Waals surface area contributed by atoms with Gasteiger partial charge >= 0.3 is 0 Å². The maximum Gasteiger partial charge on any atom is 0.162 e. The number of hydrogen-bond acceptors (Lipinski definition) is 2. The van der Waals surface area contributed by atoms with Crippen LogP contribution in [0.3, 0.4) is 0 Å². The van der Waals surface area contributed by atoms with Gasteiger partial charge in [-0.1, -0.05) is 96.0 Å². The summed E-state index contributed by atoms with van der Waals surface area (Å²) >= 11 is 0. The summed E-state index contributed by atoms with van der Waals surface area (Å²) in [5.74, 6) is 1.02. The molecule has 1 aromatic heterocycles. The zero-order valence-corrected chi connectivity index (χ0v) is 18.8. The van der Waals surface area contributed by atoms with Crippen molar-refractivity contribution >= 4 is 5.78 Å². The van der Waals surface area contributed by atoms with Gasteiger partial charge in [0.2, 0.25) is 0 Å². The largest absolute Gasteiger partial charge is 0.294 e. The topological polar surface area (TPSA) is 30.0 Å². The van der Waals surface area contributed by atoms with E-state index in [9.17, 15) is 4.79 Å². The molecule has 2 nitrogen and oxygen atoms in total. The molecule has 0 saturated heterocycles. The molecule has 0 N–H and O–H groups in total. The van der Waals surface area contributed by atoms with Crippen LogP contribution in [0, 0.1) is 5.92 Å². The minimum Gasteiger partial charge on any atom is -0.294 e. The molecule has 0 aliphatic carbocycles. The molecule has 0 spiro atoms. The minimum absolute atomic E-state index is 0.257. The van der Waals surface area contributed by atoms with Gasteiger partial charge in [-0.05, 0) is 36.8 Å². The Balaban J connectivity index is 1.80. The highest BCUT2D eigenvalue weighted by Gasteiger charge is 2.08. The predicted octanol–water partition coefficient (Wildman–Crippen LogP) is 8.05. The molecule has 2 rings (SSSR count). The van der Waals surface area contributed by atoms with Crippen molar-refractivity contribution in [3.05, 3.63) is 53.7 Å². The molecule has 158 valence electrons. The van der Waals surface area contributed by atoms with E-state index in [4.69, 9.17) is 0 Å². The summed E-state index contributed by atoms with van der Waals surface area (Å²) < 4.78 is 0. The van der Waals surface area contributed by atoms with Crippen LogP contribution in [0.5, 0.6) is 0 Å². The van der Waals surface area contributed by atoms with Gasteiger partial charge in [0.1, 0.15) is 0 Å². The molecular weight excluding hydrogens is 354 g/mol. The van der Waals surface area contributed by atoms with Crippen LogP contribution >= 0.6 is 0 Å². The first-order chi connectivity index (χ1) is 14.1. The van der Waals surface area contributed by atoms with E-state index in [0.29, 0.717) is 6.42 Å². The number of pyridine rings is 1. The molecule has 1 aromatic carbocycles. The van der Waals surface area contributed by atoms with E-state index in [1.54, 1.807) is 0 Å². The van der Waals surface area contributed by atoms with E-state index in [0.717, 1.165) is 42.0 Å². The monoisotopic (exact) mass is 393 g/mol. The number of ketones is 1. The van der Waals surface area contributed by atoms with Gasteiger partial charge in [0.15, 0.2) is 5.78 Å². The van der Waals surface area contributed by atoms with Crippen LogP contribution in [0.25, 0.3) is 11.3 Å². The number of Topliss-reactive ketones (excluding diaryl/α,β-unsaturated/α-hetero) is 1. The smallest absolute Gasteiger partial charge is 0.162 e. The van der Waals surface area contributed by atoms with Crippen molar-refractivity contribution in [2.75, 3.05) is 0 Å². The number of carbonyl (C=O) groups is 1. The first-order valence-electron chi connectivity index (χ1n) is 11.7. The molecule has 0 radical (unpaired) electrons. The van der Waals surface area contributed by atoms with Crippen molar-refractivity contribution in [3.8, 4) is 11.3 Å². The molecule has 0 aliphatic heterocycles. The molecule has 0 aliphatic rings. The SMILES string of the molecule is CCCCCCCc1ccc(-c2ccc(C(=O)CCCCC(C)CC)cc2)nc1. The first-order valence-corrected chi connectivity index (χ1v) is 11.7. The van der Waals surface area contributed by atoms with E-state index >= 15 is 0 Å². The van der Waals surface area contributed by atoms with Crippen LogP contribution in [0.15, 0.2) is 42.6 Å². The molecule has 0 fully saturated rings. The third kappa shape index (κ3) is 8.51. The normalized spacial score (nSPS) is 12.1. The standard InChI is InChI=1S/C27H39NO/c1-4-6-7-8-9-13-23-15-20-26(28-21-23)24-16-18-25(19-17-24)27(29)14-11-10-12-22(3)5-2/h15-22H,4-14H2,1-3H3. The summed E-state index contributed by atoms with van der Waals surface area (Å²) in [7, 11) is 0. The highest BCUT2D eigenvalue weighted by Crippen LogP contribution is 2.20. The number of benzene rings is 1. The van der Waals surface area contributed by atoms with Gasteiger partial charge in [-0.25, -0.2) is 0 Å². The fraction of sp³-hybridized carbons (Fsp3) is 0.556. The fourth-order valence-electron chi connectivity index (χ4n) is 3.63. The Morgan fingerprint density at radius 1 is 0.897 bits per heavy atom. The molecular formula is C27H39NO. The van der Waals surface area contributed by atoms with Crippen LogP contribution in [0.2, 0.25) is 0 Å². The number of nitrogens with zero attached hydrogens (tertiary/aromatic N) is 1. The molecule has 2 heteroatoms. The van der Waals surface area contributed by atoms with E-state index in [2.05, 4.69) is 37.9 Å². The summed E-state index contributed by atoms with van der Waals surface area (Å²) in [6.45, 7) is 6.77. The summed E-state index contributed by atoms with van der Waals surface area (Å²) in [6.07, 6.45) is 14.9. The van der Waals surface area contributed by atoms with Crippen molar-refractivity contribution in [2.45, 2.75) is 91.4 Å². The number of unbranched alkanes of at least 4 members (excludes halogenated alkanes) is 5. The van der Waals surface area contributed by atoms with Crippen LogP contribution < -0.4 is 0 Å². The lowest BCUT2D eigenvalue weighted by Gasteiger charge is -2.08. The van der Waals surface area contributed by atoms with Crippen molar-refractivity contribution in [2.24, 2.45) is 5.92 Å². The second-order valence-electron chi connectivity index (χ2n) is 8.48. The van der Waals surface area contributed by atoms with Gasteiger partial charge in [-0.3, -0.25) is 9.78 Å². The Morgan fingerprint density at radius 2 is 1.66 bits per heavy atom. The third-order valence-electron chi connectivity index (χ3n) is 5.94. The maximum absolute atomic E-state index is 12.4. The number of aromatic nitrogens is 1. The zero-order valence-electron chi connectivity index (χ0n) is 18.8. The third-order valence-corrected chi connectivity index (χ3v) is 5.94. The molecule has 1 heterocycles. The number of aryl methyl sites for hydroxylation is 1. The second kappa shape index (κ2) is 13.3. The molecule has 0 saturated carbocycles. The first kappa shape index (κ1) is 23.3. The lowest BCUT2D eigenvalue weighted by Crippen LogP contribution is -2.00. The van der Waals surface area contributed by atoms with Gasteiger partial charge < -0.3 is 0 Å². The van der Waals surface area contributed by atoms with E-state index in [-0.39, 0.29) is 5.78 Å². The fourth-order valence-corrected chi connectivity index (χ4v) is 3.63. The van der Waals surface area contributed by atoms with Gasteiger partial charge in [0.05, 0.1) is 5.69 Å². The lowest BCUT2D eigenvalue weighted by atomic mass is 9.98. The van der Waals surface area contributed by atoms with E-state index in [1.165, 1.54) is 50.5 Å². The van der Waals surface area contributed by atoms with Gasteiger partial charge in [-0.2, -0.15) is 0 Å². The highest BCUT2D eigenvalue weighted by atomic mass is 16.1. The Morgan fingerprint density at radius 3 is 2.31 bits per heavy atom. The maximum atomic E-state index is 12.4. The summed E-state index contributed by atoms with van der Waals surface area (Å²) in [4.78, 5) is 17.0. The summed E-state index contributed by atoms with van der Waals surface area (Å²) in [5.41, 5.74) is 4.19. The van der Waals surface area contributed by atoms with Crippen molar-refractivity contribution in [1.29, 1.82) is 0 Å². The number of rotatable bonds is 14. The average Bonchev–Trinajstić information content (AvgIpc) is 2.76. The molecule has 29 heavy (non-hydrogen) atoms. The summed E-state index contributed by atoms with van der Waals surface area (Å²) in [6, 6.07) is 12.3. The van der Waals surface area contributed by atoms with Gasteiger partial charge in [0, 0.05) is 23.7 Å². The predicted molar refractivity (Wildman–Crippen MR) is 124 cm³/mol. The molecule has 0 bridgehead atoms. The minimum atomic E-state index is 0.257. The molecule has 1 unspecified atom stereocenters. The van der Waals surface area contributed by atoms with Crippen LogP contribution in [0.4, 0.5) is 0 Å². The van der Waals surface area contributed by atoms with Crippen LogP contribution in [-0.4, -0.2) is 10.8 Å². The molecule has 0 amide bonds.